The summed E-state index contributed by atoms with van der Waals surface area (Å²) in [5.41, 5.74) is 2.61. The summed E-state index contributed by atoms with van der Waals surface area (Å²) < 4.78 is 10.7. The molecule has 3 aromatic rings. The molecule has 1 aliphatic rings. The Morgan fingerprint density at radius 3 is 2.34 bits per heavy atom. The quantitative estimate of drug-likeness (QED) is 0.161. The minimum atomic E-state index is -0.663. The molecule has 8 heteroatoms. The van der Waals surface area contributed by atoms with Gasteiger partial charge in [-0.3, -0.25) is 10.1 Å². The first-order valence-corrected chi connectivity index (χ1v) is 10.8. The third-order valence-electron chi connectivity index (χ3n) is 5.30. The second-order valence-corrected chi connectivity index (χ2v) is 8.93. The van der Waals surface area contributed by atoms with Crippen LogP contribution in [0.3, 0.4) is 0 Å². The largest absolute Gasteiger partial charge is 0.423 e. The van der Waals surface area contributed by atoms with Crippen LogP contribution in [0.2, 0.25) is 0 Å². The number of carbonyl (C=O) groups is 2. The number of nitrogens with zero attached hydrogens (tertiary/aromatic N) is 2. The van der Waals surface area contributed by atoms with E-state index in [-0.39, 0.29) is 34.0 Å². The van der Waals surface area contributed by atoms with Crippen molar-refractivity contribution in [3.05, 3.63) is 111 Å². The van der Waals surface area contributed by atoms with Gasteiger partial charge in [-0.05, 0) is 59.0 Å². The molecule has 1 aliphatic heterocycles. The Bertz CT molecular complexity index is 1360. The van der Waals surface area contributed by atoms with Crippen LogP contribution in [0.25, 0.3) is 6.08 Å². The maximum absolute atomic E-state index is 12.4. The van der Waals surface area contributed by atoms with E-state index in [0.717, 1.165) is 5.56 Å². The third-order valence-corrected chi connectivity index (χ3v) is 5.30. The second kappa shape index (κ2) is 9.34. The van der Waals surface area contributed by atoms with Crippen molar-refractivity contribution in [2.24, 2.45) is 4.99 Å². The molecule has 0 saturated heterocycles. The van der Waals surface area contributed by atoms with Gasteiger partial charge in [0.05, 0.1) is 10.5 Å². The molecule has 0 fully saturated rings. The predicted octanol–water partition coefficient (Wildman–Crippen LogP) is 5.46. The van der Waals surface area contributed by atoms with Crippen molar-refractivity contribution in [3.63, 3.8) is 0 Å². The Kier molecular flexibility index (Phi) is 6.29. The summed E-state index contributed by atoms with van der Waals surface area (Å²) in [5.74, 6) is -0.768. The van der Waals surface area contributed by atoms with E-state index >= 15 is 0 Å². The molecular weight excluding hydrogens is 448 g/mol. The first-order chi connectivity index (χ1) is 16.6. The van der Waals surface area contributed by atoms with Gasteiger partial charge in [-0.15, -0.1) is 0 Å². The van der Waals surface area contributed by atoms with E-state index in [4.69, 9.17) is 9.47 Å². The van der Waals surface area contributed by atoms with Gasteiger partial charge >= 0.3 is 11.9 Å². The van der Waals surface area contributed by atoms with Gasteiger partial charge in [0.2, 0.25) is 5.90 Å². The van der Waals surface area contributed by atoms with Gasteiger partial charge in [-0.1, -0.05) is 45.0 Å². The van der Waals surface area contributed by atoms with Crippen LogP contribution in [0, 0.1) is 10.1 Å². The Morgan fingerprint density at radius 1 is 1.03 bits per heavy atom. The highest BCUT2D eigenvalue weighted by molar-refractivity contribution is 6.12. The summed E-state index contributed by atoms with van der Waals surface area (Å²) in [4.78, 5) is 39.3. The lowest BCUT2D eigenvalue weighted by atomic mass is 9.87. The van der Waals surface area contributed by atoms with Crippen molar-refractivity contribution >= 4 is 29.6 Å². The number of aliphatic imine (C=N–C) groups is 1. The number of ether oxygens (including phenoxy) is 2. The maximum atomic E-state index is 12.4. The summed E-state index contributed by atoms with van der Waals surface area (Å²) in [7, 11) is 0. The lowest BCUT2D eigenvalue weighted by Crippen LogP contribution is -2.11. The topological polar surface area (TPSA) is 108 Å². The molecule has 3 aromatic carbocycles. The number of cyclic esters (lactones) is 1. The third kappa shape index (κ3) is 5.50. The predicted molar refractivity (Wildman–Crippen MR) is 130 cm³/mol. The lowest BCUT2D eigenvalue weighted by Gasteiger charge is -2.18. The molecule has 0 radical (unpaired) electrons. The van der Waals surface area contributed by atoms with E-state index in [1.54, 1.807) is 30.3 Å². The summed E-state index contributed by atoms with van der Waals surface area (Å²) in [6.07, 6.45) is 1.54. The van der Waals surface area contributed by atoms with Crippen LogP contribution in [0.5, 0.6) is 5.75 Å². The van der Waals surface area contributed by atoms with Crippen LogP contribution in [0.15, 0.2) is 83.5 Å². The average Bonchev–Trinajstić information content (AvgIpc) is 3.19. The minimum absolute atomic E-state index is 0.00466. The second-order valence-electron chi connectivity index (χ2n) is 8.93. The van der Waals surface area contributed by atoms with Crippen molar-refractivity contribution in [2.45, 2.75) is 26.2 Å². The Balaban J connectivity index is 1.51. The summed E-state index contributed by atoms with van der Waals surface area (Å²) >= 11 is 0. The Morgan fingerprint density at radius 2 is 1.71 bits per heavy atom. The summed E-state index contributed by atoms with van der Waals surface area (Å²) in [6, 6.07) is 19.4. The van der Waals surface area contributed by atoms with Gasteiger partial charge in [0, 0.05) is 17.7 Å². The van der Waals surface area contributed by atoms with Crippen LogP contribution in [0.1, 0.15) is 47.8 Å². The van der Waals surface area contributed by atoms with Gasteiger partial charge < -0.3 is 9.47 Å². The highest BCUT2D eigenvalue weighted by Crippen LogP contribution is 2.25. The zero-order chi connectivity index (χ0) is 25.2. The van der Waals surface area contributed by atoms with Crippen molar-refractivity contribution in [2.75, 3.05) is 0 Å². The Hall–Kier alpha value is -4.59. The molecule has 0 bridgehead atoms. The number of benzene rings is 3. The molecule has 0 atom stereocenters. The van der Waals surface area contributed by atoms with Gasteiger partial charge in [0.15, 0.2) is 5.70 Å². The van der Waals surface area contributed by atoms with Crippen LogP contribution < -0.4 is 4.74 Å². The normalized spacial score (nSPS) is 14.4. The number of esters is 2. The SMILES string of the molecule is CC(C)(C)c1ccc(C2=N/C(=C\c3cccc(OC(=O)c4ccc([N+](=O)[O-])cc4)c3)C(=O)O2)cc1. The van der Waals surface area contributed by atoms with E-state index in [0.29, 0.717) is 11.1 Å². The van der Waals surface area contributed by atoms with E-state index in [1.807, 2.05) is 24.3 Å². The number of non-ortho nitro benzene ring substituents is 1. The van der Waals surface area contributed by atoms with Gasteiger partial charge in [0.25, 0.3) is 5.69 Å². The average molecular weight is 470 g/mol. The molecular formula is C27H22N2O6. The summed E-state index contributed by atoms with van der Waals surface area (Å²) in [6.45, 7) is 6.36. The van der Waals surface area contributed by atoms with Crippen LogP contribution in [0.4, 0.5) is 5.69 Å². The molecule has 0 amide bonds. The van der Waals surface area contributed by atoms with Gasteiger partial charge in [0.1, 0.15) is 5.75 Å². The summed E-state index contributed by atoms with van der Waals surface area (Å²) in [5, 5.41) is 10.8. The Labute approximate surface area is 201 Å². The highest BCUT2D eigenvalue weighted by atomic mass is 16.6. The molecule has 0 unspecified atom stereocenters. The molecule has 0 spiro atoms. The molecule has 0 aromatic heterocycles. The van der Waals surface area contributed by atoms with Crippen molar-refractivity contribution in [3.8, 4) is 5.75 Å². The van der Waals surface area contributed by atoms with E-state index in [2.05, 4.69) is 25.8 Å². The highest BCUT2D eigenvalue weighted by Gasteiger charge is 2.25. The molecule has 176 valence electrons. The number of nitro benzene ring substituents is 1. The molecule has 1 heterocycles. The van der Waals surface area contributed by atoms with Crippen LogP contribution in [-0.4, -0.2) is 22.8 Å². The van der Waals surface area contributed by atoms with Crippen molar-refractivity contribution in [1.29, 1.82) is 0 Å². The van der Waals surface area contributed by atoms with Crippen molar-refractivity contribution in [1.82, 2.24) is 0 Å². The minimum Gasteiger partial charge on any atom is -0.423 e. The molecule has 0 saturated carbocycles. The first-order valence-electron chi connectivity index (χ1n) is 10.8. The number of hydrogen-bond acceptors (Lipinski definition) is 7. The van der Waals surface area contributed by atoms with E-state index in [1.165, 1.54) is 24.3 Å². The monoisotopic (exact) mass is 470 g/mol. The smallest absolute Gasteiger partial charge is 0.363 e. The number of hydrogen-bond donors (Lipinski definition) is 0. The van der Waals surface area contributed by atoms with Gasteiger partial charge in [-0.25, -0.2) is 14.6 Å². The first kappa shape index (κ1) is 23.6. The zero-order valence-electron chi connectivity index (χ0n) is 19.3. The fraction of sp³-hybridized carbons (Fsp3) is 0.148. The van der Waals surface area contributed by atoms with Gasteiger partial charge in [-0.2, -0.15) is 0 Å². The van der Waals surface area contributed by atoms with E-state index < -0.39 is 16.9 Å². The number of nitro groups is 1. The molecule has 0 aliphatic carbocycles. The van der Waals surface area contributed by atoms with Crippen LogP contribution >= 0.6 is 0 Å². The molecule has 4 rings (SSSR count). The molecule has 8 nitrogen and oxygen atoms in total. The molecule has 35 heavy (non-hydrogen) atoms. The fourth-order valence-corrected chi connectivity index (χ4v) is 3.36. The fourth-order valence-electron chi connectivity index (χ4n) is 3.36. The zero-order valence-corrected chi connectivity index (χ0v) is 19.3. The van der Waals surface area contributed by atoms with E-state index in [9.17, 15) is 19.7 Å². The molecule has 0 N–H and O–H groups in total. The lowest BCUT2D eigenvalue weighted by molar-refractivity contribution is -0.384. The number of rotatable bonds is 5. The standard InChI is InChI=1S/C27H22N2O6/c1-27(2,3)20-11-7-18(8-12-20)24-28-23(26(31)35-24)16-17-5-4-6-22(15-17)34-25(30)19-9-13-21(14-10-19)29(32)33/h4-16H,1-3H3/b23-16-. The van der Waals surface area contributed by atoms with Crippen LogP contribution in [-0.2, 0) is 14.9 Å². The number of carbonyl (C=O) groups excluding carboxylic acids is 2. The van der Waals surface area contributed by atoms with Crippen molar-refractivity contribution < 1.29 is 24.0 Å². The maximum Gasteiger partial charge on any atom is 0.363 e.